The zero-order chi connectivity index (χ0) is 14.5. The standard InChI is InChI=1S/C15H20ClNO3/c1-2-17-8-7-11(9-17)12(15(18)19)10-20-14-6-4-3-5-13(14)16/h3-6,11-12H,2,7-10H2,1H3,(H,18,19). The van der Waals surface area contributed by atoms with Gasteiger partial charge in [0.25, 0.3) is 0 Å². The van der Waals surface area contributed by atoms with Crippen molar-refractivity contribution in [2.24, 2.45) is 11.8 Å². The molecule has 2 unspecified atom stereocenters. The number of ether oxygens (including phenoxy) is 1. The number of nitrogens with zero attached hydrogens (tertiary/aromatic N) is 1. The average Bonchev–Trinajstić information content (AvgIpc) is 2.89. The Morgan fingerprint density at radius 3 is 2.90 bits per heavy atom. The molecular weight excluding hydrogens is 278 g/mol. The Hall–Kier alpha value is -1.26. The molecule has 1 heterocycles. The molecule has 1 aliphatic rings. The summed E-state index contributed by atoms with van der Waals surface area (Å²) in [7, 11) is 0. The van der Waals surface area contributed by atoms with Gasteiger partial charge < -0.3 is 14.7 Å². The van der Waals surface area contributed by atoms with Gasteiger partial charge in [-0.1, -0.05) is 30.7 Å². The maximum atomic E-state index is 11.5. The Labute approximate surface area is 124 Å². The summed E-state index contributed by atoms with van der Waals surface area (Å²) in [5.41, 5.74) is 0. The third-order valence-electron chi connectivity index (χ3n) is 3.90. The van der Waals surface area contributed by atoms with Crippen LogP contribution >= 0.6 is 11.6 Å². The number of benzene rings is 1. The molecule has 20 heavy (non-hydrogen) atoms. The highest BCUT2D eigenvalue weighted by Gasteiger charge is 2.34. The van der Waals surface area contributed by atoms with Crippen LogP contribution in [0.4, 0.5) is 0 Å². The molecule has 0 bridgehead atoms. The van der Waals surface area contributed by atoms with Gasteiger partial charge in [-0.3, -0.25) is 4.79 Å². The van der Waals surface area contributed by atoms with E-state index < -0.39 is 11.9 Å². The van der Waals surface area contributed by atoms with Gasteiger partial charge in [-0.05, 0) is 37.6 Å². The van der Waals surface area contributed by atoms with Gasteiger partial charge in [0.05, 0.1) is 10.9 Å². The summed E-state index contributed by atoms with van der Waals surface area (Å²) in [6.45, 7) is 5.03. The molecule has 0 aliphatic carbocycles. The number of carboxylic acid groups (broad SMARTS) is 1. The molecule has 0 amide bonds. The van der Waals surface area contributed by atoms with Crippen LogP contribution in [0.3, 0.4) is 0 Å². The Morgan fingerprint density at radius 1 is 1.55 bits per heavy atom. The fourth-order valence-corrected chi connectivity index (χ4v) is 2.82. The van der Waals surface area contributed by atoms with Gasteiger partial charge in [-0.2, -0.15) is 0 Å². The van der Waals surface area contributed by atoms with E-state index in [2.05, 4.69) is 11.8 Å². The highest BCUT2D eigenvalue weighted by atomic mass is 35.5. The summed E-state index contributed by atoms with van der Waals surface area (Å²) in [6, 6.07) is 7.14. The predicted molar refractivity (Wildman–Crippen MR) is 78.3 cm³/mol. The Balaban J connectivity index is 1.97. The van der Waals surface area contributed by atoms with Gasteiger partial charge in [0, 0.05) is 6.54 Å². The molecule has 5 heteroatoms. The van der Waals surface area contributed by atoms with Crippen LogP contribution in [0.15, 0.2) is 24.3 Å². The smallest absolute Gasteiger partial charge is 0.310 e. The molecule has 1 fully saturated rings. The van der Waals surface area contributed by atoms with E-state index in [1.165, 1.54) is 0 Å². The minimum Gasteiger partial charge on any atom is -0.491 e. The van der Waals surface area contributed by atoms with Crippen molar-refractivity contribution in [2.75, 3.05) is 26.2 Å². The minimum absolute atomic E-state index is 0.148. The van der Waals surface area contributed by atoms with Gasteiger partial charge in [0.1, 0.15) is 12.4 Å². The van der Waals surface area contributed by atoms with Crippen molar-refractivity contribution >= 4 is 17.6 Å². The highest BCUT2D eigenvalue weighted by Crippen LogP contribution is 2.28. The van der Waals surface area contributed by atoms with Gasteiger partial charge >= 0.3 is 5.97 Å². The lowest BCUT2D eigenvalue weighted by Crippen LogP contribution is -2.31. The van der Waals surface area contributed by atoms with Crippen LogP contribution in [0, 0.1) is 11.8 Å². The van der Waals surface area contributed by atoms with Crippen molar-refractivity contribution in [2.45, 2.75) is 13.3 Å². The third kappa shape index (κ3) is 3.64. The van der Waals surface area contributed by atoms with Crippen molar-refractivity contribution in [1.82, 2.24) is 4.90 Å². The number of carbonyl (C=O) groups is 1. The molecule has 110 valence electrons. The number of para-hydroxylation sites is 1. The number of halogens is 1. The van der Waals surface area contributed by atoms with E-state index >= 15 is 0 Å². The molecule has 4 nitrogen and oxygen atoms in total. The second kappa shape index (κ2) is 6.95. The first-order valence-electron chi connectivity index (χ1n) is 6.94. The normalized spacial score (nSPS) is 20.8. The van der Waals surface area contributed by atoms with Crippen LogP contribution in [-0.2, 0) is 4.79 Å². The van der Waals surface area contributed by atoms with Crippen LogP contribution in [-0.4, -0.2) is 42.2 Å². The Kier molecular flexibility index (Phi) is 5.26. The second-order valence-electron chi connectivity index (χ2n) is 5.13. The molecule has 1 aromatic carbocycles. The zero-order valence-electron chi connectivity index (χ0n) is 11.6. The number of rotatable bonds is 6. The van der Waals surface area contributed by atoms with Crippen LogP contribution in [0.2, 0.25) is 5.02 Å². The fourth-order valence-electron chi connectivity index (χ4n) is 2.63. The summed E-state index contributed by atoms with van der Waals surface area (Å²) in [4.78, 5) is 13.7. The molecular formula is C15H20ClNO3. The number of hydrogen-bond donors (Lipinski definition) is 1. The molecule has 0 aromatic heterocycles. The molecule has 0 saturated carbocycles. The van der Waals surface area contributed by atoms with E-state index in [1.807, 2.05) is 12.1 Å². The molecule has 1 N–H and O–H groups in total. The SMILES string of the molecule is CCN1CCC(C(COc2ccccc2Cl)C(=O)O)C1. The van der Waals surface area contributed by atoms with Crippen LogP contribution < -0.4 is 4.74 Å². The molecule has 1 saturated heterocycles. The zero-order valence-corrected chi connectivity index (χ0v) is 12.3. The number of hydrogen-bond acceptors (Lipinski definition) is 3. The maximum Gasteiger partial charge on any atom is 0.310 e. The Morgan fingerprint density at radius 2 is 2.30 bits per heavy atom. The quantitative estimate of drug-likeness (QED) is 0.877. The van der Waals surface area contributed by atoms with Crippen molar-refractivity contribution in [3.05, 3.63) is 29.3 Å². The van der Waals surface area contributed by atoms with Crippen LogP contribution in [0.5, 0.6) is 5.75 Å². The van der Waals surface area contributed by atoms with E-state index in [0.717, 1.165) is 26.1 Å². The van der Waals surface area contributed by atoms with E-state index in [0.29, 0.717) is 10.8 Å². The van der Waals surface area contributed by atoms with E-state index in [1.54, 1.807) is 12.1 Å². The monoisotopic (exact) mass is 297 g/mol. The molecule has 0 spiro atoms. The summed E-state index contributed by atoms with van der Waals surface area (Å²) < 4.78 is 5.61. The lowest BCUT2D eigenvalue weighted by atomic mass is 9.92. The Bertz CT molecular complexity index is 466. The highest BCUT2D eigenvalue weighted by molar-refractivity contribution is 6.32. The largest absolute Gasteiger partial charge is 0.491 e. The van der Waals surface area contributed by atoms with Gasteiger partial charge in [0.2, 0.25) is 0 Å². The van der Waals surface area contributed by atoms with E-state index in [9.17, 15) is 9.90 Å². The maximum absolute atomic E-state index is 11.5. The molecule has 1 aromatic rings. The van der Waals surface area contributed by atoms with Crippen LogP contribution in [0.25, 0.3) is 0 Å². The van der Waals surface area contributed by atoms with Crippen molar-refractivity contribution < 1.29 is 14.6 Å². The van der Waals surface area contributed by atoms with Crippen molar-refractivity contribution in [1.29, 1.82) is 0 Å². The predicted octanol–water partition coefficient (Wildman–Crippen LogP) is 2.76. The molecule has 2 rings (SSSR count). The van der Waals surface area contributed by atoms with Crippen molar-refractivity contribution in [3.8, 4) is 5.75 Å². The fraction of sp³-hybridized carbons (Fsp3) is 0.533. The number of aliphatic carboxylic acids is 1. The topological polar surface area (TPSA) is 49.8 Å². The average molecular weight is 298 g/mol. The summed E-state index contributed by atoms with van der Waals surface area (Å²) in [5, 5.41) is 9.92. The molecule has 1 aliphatic heterocycles. The van der Waals surface area contributed by atoms with E-state index in [4.69, 9.17) is 16.3 Å². The molecule has 0 radical (unpaired) electrons. The first kappa shape index (κ1) is 15.1. The second-order valence-corrected chi connectivity index (χ2v) is 5.54. The number of likely N-dealkylation sites (tertiary alicyclic amines) is 1. The van der Waals surface area contributed by atoms with Gasteiger partial charge in [0.15, 0.2) is 0 Å². The summed E-state index contributed by atoms with van der Waals surface area (Å²) in [6.07, 6.45) is 0.913. The van der Waals surface area contributed by atoms with Gasteiger partial charge in [-0.25, -0.2) is 0 Å². The first-order valence-corrected chi connectivity index (χ1v) is 7.32. The third-order valence-corrected chi connectivity index (χ3v) is 4.21. The summed E-state index contributed by atoms with van der Waals surface area (Å²) in [5.74, 6) is -0.580. The lowest BCUT2D eigenvalue weighted by Gasteiger charge is -2.20. The first-order chi connectivity index (χ1) is 9.61. The number of carboxylic acids is 1. The van der Waals surface area contributed by atoms with Crippen LogP contribution in [0.1, 0.15) is 13.3 Å². The van der Waals surface area contributed by atoms with Gasteiger partial charge in [-0.15, -0.1) is 0 Å². The van der Waals surface area contributed by atoms with E-state index in [-0.39, 0.29) is 12.5 Å². The summed E-state index contributed by atoms with van der Waals surface area (Å²) >= 11 is 6.01. The lowest BCUT2D eigenvalue weighted by molar-refractivity contribution is -0.144. The minimum atomic E-state index is -0.792. The van der Waals surface area contributed by atoms with Crippen molar-refractivity contribution in [3.63, 3.8) is 0 Å². The molecule has 2 atom stereocenters.